The number of hydrogen-bond donors (Lipinski definition) is 2. The number of aromatic nitrogens is 1. The van der Waals surface area contributed by atoms with Crippen molar-refractivity contribution < 1.29 is 27.9 Å². The molecule has 138 valence electrons. The van der Waals surface area contributed by atoms with E-state index in [2.05, 4.69) is 10.3 Å². The molecule has 1 heterocycles. The summed E-state index contributed by atoms with van der Waals surface area (Å²) in [6, 6.07) is 4.67. The molecule has 0 unspecified atom stereocenters. The van der Waals surface area contributed by atoms with Crippen LogP contribution in [0.4, 0.5) is 13.2 Å². The molecule has 1 fully saturated rings. The van der Waals surface area contributed by atoms with Crippen LogP contribution in [0.5, 0.6) is 0 Å². The van der Waals surface area contributed by atoms with Crippen molar-refractivity contribution in [3.05, 3.63) is 40.9 Å². The molecule has 5 nitrogen and oxygen atoms in total. The maximum atomic E-state index is 12.8. The van der Waals surface area contributed by atoms with E-state index in [1.807, 2.05) is 0 Å². The Morgan fingerprint density at radius 2 is 2.00 bits per heavy atom. The van der Waals surface area contributed by atoms with Crippen molar-refractivity contribution in [2.75, 3.05) is 0 Å². The Bertz CT molecular complexity index is 861. The van der Waals surface area contributed by atoms with Crippen LogP contribution in [-0.4, -0.2) is 27.5 Å². The van der Waals surface area contributed by atoms with Crippen LogP contribution in [0.3, 0.4) is 0 Å². The van der Waals surface area contributed by atoms with Gasteiger partial charge in [0.05, 0.1) is 5.56 Å². The number of hydrogen-bond acceptors (Lipinski definition) is 4. The lowest BCUT2D eigenvalue weighted by molar-refractivity contribution is -0.144. The lowest BCUT2D eigenvalue weighted by Crippen LogP contribution is -2.54. The van der Waals surface area contributed by atoms with Crippen molar-refractivity contribution >= 4 is 23.2 Å². The molecule has 3 rings (SSSR count). The molecule has 1 amide bonds. The summed E-state index contributed by atoms with van der Waals surface area (Å²) in [6.45, 7) is 1.45. The van der Waals surface area contributed by atoms with E-state index in [0.717, 1.165) is 36.3 Å². The van der Waals surface area contributed by atoms with Crippen molar-refractivity contribution in [2.24, 2.45) is 5.92 Å². The number of carboxylic acids is 1. The van der Waals surface area contributed by atoms with Crippen molar-refractivity contribution in [1.29, 1.82) is 0 Å². The van der Waals surface area contributed by atoms with Gasteiger partial charge >= 0.3 is 12.1 Å². The quantitative estimate of drug-likeness (QED) is 0.822. The number of alkyl halides is 3. The summed E-state index contributed by atoms with van der Waals surface area (Å²) in [4.78, 5) is 27.9. The number of rotatable bonds is 5. The van der Waals surface area contributed by atoms with Crippen LogP contribution in [0.1, 0.15) is 35.8 Å². The van der Waals surface area contributed by atoms with Gasteiger partial charge in [-0.3, -0.25) is 4.79 Å². The molecule has 0 aliphatic heterocycles. The SMILES string of the molecule is C[C@@](NC(=O)c1csc(-c2cccc(C(F)(F)F)c2)n1)(C(=O)O)C1CC1. The fourth-order valence-corrected chi connectivity index (χ4v) is 3.43. The highest BCUT2D eigenvalue weighted by molar-refractivity contribution is 7.13. The molecule has 1 aromatic carbocycles. The van der Waals surface area contributed by atoms with E-state index in [-0.39, 0.29) is 22.2 Å². The maximum Gasteiger partial charge on any atom is 0.416 e. The Morgan fingerprint density at radius 3 is 2.58 bits per heavy atom. The van der Waals surface area contributed by atoms with E-state index >= 15 is 0 Å². The van der Waals surface area contributed by atoms with Gasteiger partial charge in [-0.2, -0.15) is 13.2 Å². The molecule has 1 aliphatic rings. The largest absolute Gasteiger partial charge is 0.480 e. The van der Waals surface area contributed by atoms with Gasteiger partial charge < -0.3 is 10.4 Å². The van der Waals surface area contributed by atoms with E-state index in [1.165, 1.54) is 24.4 Å². The van der Waals surface area contributed by atoms with Gasteiger partial charge in [-0.1, -0.05) is 12.1 Å². The molecule has 1 saturated carbocycles. The lowest BCUT2D eigenvalue weighted by Gasteiger charge is -2.25. The summed E-state index contributed by atoms with van der Waals surface area (Å²) in [5.74, 6) is -1.91. The predicted octanol–water partition coefficient (Wildman–Crippen LogP) is 3.81. The Kier molecular flexibility index (Phi) is 4.51. The zero-order chi connectivity index (χ0) is 19.1. The molecular formula is C17H15F3N2O3S. The number of nitrogens with one attached hydrogen (secondary N) is 1. The van der Waals surface area contributed by atoms with Gasteiger partial charge in [0.1, 0.15) is 16.2 Å². The van der Waals surface area contributed by atoms with E-state index in [4.69, 9.17) is 0 Å². The minimum atomic E-state index is -4.47. The monoisotopic (exact) mass is 384 g/mol. The van der Waals surface area contributed by atoms with Crippen molar-refractivity contribution in [2.45, 2.75) is 31.5 Å². The van der Waals surface area contributed by atoms with Crippen molar-refractivity contribution in [1.82, 2.24) is 10.3 Å². The normalized spacial score (nSPS) is 16.8. The van der Waals surface area contributed by atoms with Gasteiger partial charge in [-0.25, -0.2) is 9.78 Å². The second-order valence-corrected chi connectivity index (χ2v) is 7.21. The van der Waals surface area contributed by atoms with Gasteiger partial charge in [0.2, 0.25) is 0 Å². The average Bonchev–Trinajstić information content (AvgIpc) is 3.31. The number of nitrogens with zero attached hydrogens (tertiary/aromatic N) is 1. The summed E-state index contributed by atoms with van der Waals surface area (Å²) >= 11 is 1.02. The third-order valence-corrected chi connectivity index (χ3v) is 5.28. The number of aliphatic carboxylic acids is 1. The topological polar surface area (TPSA) is 79.3 Å². The zero-order valence-electron chi connectivity index (χ0n) is 13.6. The Morgan fingerprint density at radius 1 is 1.31 bits per heavy atom. The smallest absolute Gasteiger partial charge is 0.416 e. The summed E-state index contributed by atoms with van der Waals surface area (Å²) in [6.07, 6.45) is -3.04. The van der Waals surface area contributed by atoms with E-state index in [0.29, 0.717) is 0 Å². The average molecular weight is 384 g/mol. The van der Waals surface area contributed by atoms with Gasteiger partial charge in [-0.15, -0.1) is 11.3 Å². The van der Waals surface area contributed by atoms with Gasteiger partial charge in [0.25, 0.3) is 5.91 Å². The van der Waals surface area contributed by atoms with Crippen LogP contribution < -0.4 is 5.32 Å². The minimum Gasteiger partial charge on any atom is -0.480 e. The number of amides is 1. The number of carbonyl (C=O) groups is 2. The molecule has 1 aliphatic carbocycles. The molecule has 1 aromatic heterocycles. The third-order valence-electron chi connectivity index (χ3n) is 4.38. The Balaban J connectivity index is 1.82. The van der Waals surface area contributed by atoms with Crippen LogP contribution in [0, 0.1) is 5.92 Å². The van der Waals surface area contributed by atoms with Gasteiger partial charge in [0, 0.05) is 10.9 Å². The summed E-state index contributed by atoms with van der Waals surface area (Å²) in [5.41, 5.74) is -1.96. The molecule has 0 bridgehead atoms. The second-order valence-electron chi connectivity index (χ2n) is 6.35. The fraction of sp³-hybridized carbons (Fsp3) is 0.353. The van der Waals surface area contributed by atoms with Crippen LogP contribution in [0.2, 0.25) is 0 Å². The van der Waals surface area contributed by atoms with Crippen molar-refractivity contribution in [3.8, 4) is 10.6 Å². The third kappa shape index (κ3) is 3.57. The summed E-state index contributed by atoms with van der Waals surface area (Å²) < 4.78 is 38.5. The molecule has 0 radical (unpaired) electrons. The molecule has 2 aromatic rings. The van der Waals surface area contributed by atoms with E-state index < -0.39 is 29.2 Å². The number of halogens is 3. The van der Waals surface area contributed by atoms with Gasteiger partial charge in [-0.05, 0) is 37.8 Å². The lowest BCUT2D eigenvalue weighted by atomic mass is 9.96. The Hall–Kier alpha value is -2.42. The number of carbonyl (C=O) groups excluding carboxylic acids is 1. The first-order valence-corrected chi connectivity index (χ1v) is 8.68. The molecule has 0 saturated heterocycles. The highest BCUT2D eigenvalue weighted by atomic mass is 32.1. The zero-order valence-corrected chi connectivity index (χ0v) is 14.4. The number of benzene rings is 1. The molecule has 9 heteroatoms. The van der Waals surface area contributed by atoms with Crippen LogP contribution in [-0.2, 0) is 11.0 Å². The van der Waals surface area contributed by atoms with Gasteiger partial charge in [0.15, 0.2) is 0 Å². The minimum absolute atomic E-state index is 0.0180. The predicted molar refractivity (Wildman–Crippen MR) is 88.8 cm³/mol. The molecular weight excluding hydrogens is 369 g/mol. The van der Waals surface area contributed by atoms with Crippen LogP contribution >= 0.6 is 11.3 Å². The summed E-state index contributed by atoms with van der Waals surface area (Å²) in [5, 5.41) is 13.5. The standard InChI is InChI=1S/C17H15F3N2O3S/c1-16(15(24)25,10-5-6-10)22-13(23)12-8-26-14(21-12)9-3-2-4-11(7-9)17(18,19)20/h2-4,7-8,10H,5-6H2,1H3,(H,22,23)(H,24,25)/t16-/m0/s1. The van der Waals surface area contributed by atoms with Crippen LogP contribution in [0.25, 0.3) is 10.6 Å². The van der Waals surface area contributed by atoms with E-state index in [1.54, 1.807) is 0 Å². The molecule has 1 atom stereocenters. The highest BCUT2D eigenvalue weighted by Gasteiger charge is 2.48. The maximum absolute atomic E-state index is 12.8. The summed E-state index contributed by atoms with van der Waals surface area (Å²) in [7, 11) is 0. The van der Waals surface area contributed by atoms with E-state index in [9.17, 15) is 27.9 Å². The molecule has 0 spiro atoms. The Labute approximate surface area is 150 Å². The number of thiazole rings is 1. The number of carboxylic acid groups (broad SMARTS) is 1. The fourth-order valence-electron chi connectivity index (χ4n) is 2.63. The first-order chi connectivity index (χ1) is 12.1. The second kappa shape index (κ2) is 6.39. The molecule has 2 N–H and O–H groups in total. The molecule has 26 heavy (non-hydrogen) atoms. The first kappa shape index (κ1) is 18.4. The van der Waals surface area contributed by atoms with Crippen LogP contribution in [0.15, 0.2) is 29.6 Å². The van der Waals surface area contributed by atoms with Crippen molar-refractivity contribution in [3.63, 3.8) is 0 Å². The first-order valence-electron chi connectivity index (χ1n) is 7.80. The highest BCUT2D eigenvalue weighted by Crippen LogP contribution is 2.40.